The van der Waals surface area contributed by atoms with Crippen LogP contribution in [0.4, 0.5) is 5.69 Å². The van der Waals surface area contributed by atoms with Gasteiger partial charge in [0.05, 0.1) is 24.1 Å². The molecule has 1 heterocycles. The predicted octanol–water partition coefficient (Wildman–Crippen LogP) is 4.92. The van der Waals surface area contributed by atoms with E-state index in [9.17, 15) is 4.79 Å². The summed E-state index contributed by atoms with van der Waals surface area (Å²) in [5.41, 5.74) is 2.41. The largest absolute Gasteiger partial charge is 0.497 e. The molecule has 144 valence electrons. The minimum Gasteiger partial charge on any atom is -0.497 e. The van der Waals surface area contributed by atoms with Gasteiger partial charge < -0.3 is 9.47 Å². The Morgan fingerprint density at radius 3 is 2.34 bits per heavy atom. The molecular formula is C23H19N3O3. The molecule has 0 saturated carbocycles. The Kier molecular flexibility index (Phi) is 5.25. The lowest BCUT2D eigenvalue weighted by atomic mass is 10.1. The maximum absolute atomic E-state index is 12.2. The highest BCUT2D eigenvalue weighted by molar-refractivity contribution is 5.89. The molecule has 6 heteroatoms. The van der Waals surface area contributed by atoms with Crippen molar-refractivity contribution in [1.29, 1.82) is 0 Å². The summed E-state index contributed by atoms with van der Waals surface area (Å²) < 4.78 is 11.0. The Bertz CT molecular complexity index is 1180. The number of H-pyrrole nitrogens is 2. The van der Waals surface area contributed by atoms with Crippen LogP contribution >= 0.6 is 0 Å². The monoisotopic (exact) mass is 385 g/mol. The predicted molar refractivity (Wildman–Crippen MR) is 114 cm³/mol. The molecule has 0 radical (unpaired) electrons. The summed E-state index contributed by atoms with van der Waals surface area (Å²) in [5, 5.41) is 5.53. The molecule has 0 fully saturated rings. The summed E-state index contributed by atoms with van der Waals surface area (Å²) in [7, 11) is 1.61. The van der Waals surface area contributed by atoms with E-state index in [2.05, 4.69) is 15.2 Å². The van der Waals surface area contributed by atoms with Crippen molar-refractivity contribution in [3.8, 4) is 28.5 Å². The number of aromatic nitrogens is 2. The highest BCUT2D eigenvalue weighted by Crippen LogP contribution is 2.26. The van der Waals surface area contributed by atoms with E-state index in [1.165, 1.54) is 0 Å². The van der Waals surface area contributed by atoms with E-state index in [1.54, 1.807) is 13.3 Å². The topological polar surface area (TPSA) is 79.5 Å². The minimum absolute atomic E-state index is 0.240. The zero-order valence-electron chi connectivity index (χ0n) is 15.8. The zero-order valence-corrected chi connectivity index (χ0v) is 15.8. The fourth-order valence-electron chi connectivity index (χ4n) is 2.87. The van der Waals surface area contributed by atoms with Crippen LogP contribution in [0.5, 0.6) is 17.2 Å². The Hall–Kier alpha value is -4.06. The van der Waals surface area contributed by atoms with Crippen molar-refractivity contribution in [3.63, 3.8) is 0 Å². The number of aliphatic imine (C=N–C) groups is 1. The highest BCUT2D eigenvalue weighted by atomic mass is 16.5. The maximum Gasteiger partial charge on any atom is 0.273 e. The Morgan fingerprint density at radius 2 is 1.59 bits per heavy atom. The first-order chi connectivity index (χ1) is 14.2. The second kappa shape index (κ2) is 8.31. The lowest BCUT2D eigenvalue weighted by Gasteiger charge is -2.05. The maximum atomic E-state index is 12.2. The van der Waals surface area contributed by atoms with Crippen LogP contribution in [0.25, 0.3) is 11.3 Å². The van der Waals surface area contributed by atoms with Gasteiger partial charge in [-0.25, -0.2) is 0 Å². The number of nitrogens with zero attached hydrogens (tertiary/aromatic N) is 1. The molecule has 29 heavy (non-hydrogen) atoms. The minimum atomic E-state index is -0.240. The Balaban J connectivity index is 1.59. The van der Waals surface area contributed by atoms with Gasteiger partial charge in [-0.2, -0.15) is 0 Å². The third-order valence-corrected chi connectivity index (χ3v) is 4.33. The smallest absolute Gasteiger partial charge is 0.273 e. The highest BCUT2D eigenvalue weighted by Gasteiger charge is 2.10. The Labute approximate surface area is 167 Å². The molecule has 1 aromatic heterocycles. The van der Waals surface area contributed by atoms with Gasteiger partial charge in [-0.1, -0.05) is 24.3 Å². The third-order valence-electron chi connectivity index (χ3n) is 4.33. The standard InChI is InChI=1S/C23H19N3O3/c1-28-18-12-10-16(11-13-18)22-21(23(27)26-25-22)15-24-17-6-5-9-20(14-17)29-19-7-3-2-4-8-19/h2-15H,1H3,(H2,25,26,27). The lowest BCUT2D eigenvalue weighted by Crippen LogP contribution is -2.05. The van der Waals surface area contributed by atoms with Crippen molar-refractivity contribution < 1.29 is 9.47 Å². The van der Waals surface area contributed by atoms with Gasteiger partial charge in [-0.05, 0) is 48.5 Å². The van der Waals surface area contributed by atoms with Crippen LogP contribution in [0.15, 0.2) is 88.6 Å². The molecule has 0 spiro atoms. The average Bonchev–Trinajstić information content (AvgIpc) is 3.13. The van der Waals surface area contributed by atoms with E-state index in [-0.39, 0.29) is 5.56 Å². The number of ether oxygens (including phenoxy) is 2. The van der Waals surface area contributed by atoms with Gasteiger partial charge in [-0.3, -0.25) is 20.0 Å². The van der Waals surface area contributed by atoms with Crippen molar-refractivity contribution in [3.05, 3.63) is 94.8 Å². The van der Waals surface area contributed by atoms with Crippen LogP contribution < -0.4 is 15.0 Å². The summed E-state index contributed by atoms with van der Waals surface area (Å²) >= 11 is 0. The summed E-state index contributed by atoms with van der Waals surface area (Å²) in [6.45, 7) is 0. The Morgan fingerprint density at radius 1 is 0.828 bits per heavy atom. The lowest BCUT2D eigenvalue weighted by molar-refractivity contribution is 0.415. The van der Waals surface area contributed by atoms with Crippen LogP contribution in [-0.4, -0.2) is 23.5 Å². The average molecular weight is 385 g/mol. The molecule has 0 aliphatic carbocycles. The van der Waals surface area contributed by atoms with Crippen molar-refractivity contribution in [2.75, 3.05) is 7.11 Å². The van der Waals surface area contributed by atoms with Crippen LogP contribution in [0.1, 0.15) is 5.56 Å². The first-order valence-electron chi connectivity index (χ1n) is 9.05. The van der Waals surface area contributed by atoms with Crippen molar-refractivity contribution in [2.45, 2.75) is 0 Å². The summed E-state index contributed by atoms with van der Waals surface area (Å²) in [5.74, 6) is 2.17. The number of hydrogen-bond donors (Lipinski definition) is 2. The number of rotatable bonds is 6. The second-order valence-electron chi connectivity index (χ2n) is 6.27. The summed E-state index contributed by atoms with van der Waals surface area (Å²) in [4.78, 5) is 16.7. The number of benzene rings is 3. The van der Waals surface area contributed by atoms with Gasteiger partial charge in [0, 0.05) is 17.8 Å². The van der Waals surface area contributed by atoms with Crippen LogP contribution in [-0.2, 0) is 0 Å². The van der Waals surface area contributed by atoms with E-state index in [1.807, 2.05) is 78.9 Å². The molecule has 4 aromatic rings. The molecule has 0 bridgehead atoms. The zero-order chi connectivity index (χ0) is 20.1. The van der Waals surface area contributed by atoms with Crippen molar-refractivity contribution in [2.24, 2.45) is 4.99 Å². The van der Waals surface area contributed by atoms with Crippen LogP contribution in [0.2, 0.25) is 0 Å². The molecule has 0 amide bonds. The summed E-state index contributed by atoms with van der Waals surface area (Å²) in [6, 6.07) is 24.3. The number of hydrogen-bond acceptors (Lipinski definition) is 4. The molecule has 0 atom stereocenters. The normalized spacial score (nSPS) is 10.9. The summed E-state index contributed by atoms with van der Waals surface area (Å²) in [6.07, 6.45) is 1.55. The molecule has 0 aliphatic rings. The molecular weight excluding hydrogens is 366 g/mol. The first-order valence-corrected chi connectivity index (χ1v) is 9.05. The molecule has 0 saturated heterocycles. The van der Waals surface area contributed by atoms with E-state index in [0.717, 1.165) is 17.1 Å². The second-order valence-corrected chi connectivity index (χ2v) is 6.27. The molecule has 0 aliphatic heterocycles. The number of para-hydroxylation sites is 1. The van der Waals surface area contributed by atoms with Gasteiger partial charge in [0.15, 0.2) is 0 Å². The third kappa shape index (κ3) is 4.27. The van der Waals surface area contributed by atoms with Crippen LogP contribution in [0.3, 0.4) is 0 Å². The van der Waals surface area contributed by atoms with E-state index >= 15 is 0 Å². The molecule has 3 aromatic carbocycles. The van der Waals surface area contributed by atoms with Gasteiger partial charge in [0.1, 0.15) is 17.2 Å². The SMILES string of the molecule is COc1ccc(-c2[nH][nH]c(=O)c2C=Nc2cccc(Oc3ccccc3)c2)cc1. The number of methoxy groups -OCH3 is 1. The molecule has 2 N–H and O–H groups in total. The number of nitrogens with one attached hydrogen (secondary N) is 2. The van der Waals surface area contributed by atoms with E-state index < -0.39 is 0 Å². The van der Waals surface area contributed by atoms with Crippen molar-refractivity contribution in [1.82, 2.24) is 10.2 Å². The van der Waals surface area contributed by atoms with Gasteiger partial charge in [-0.15, -0.1) is 0 Å². The van der Waals surface area contributed by atoms with E-state index in [0.29, 0.717) is 22.7 Å². The fourth-order valence-corrected chi connectivity index (χ4v) is 2.87. The first kappa shape index (κ1) is 18.3. The molecule has 6 nitrogen and oxygen atoms in total. The van der Waals surface area contributed by atoms with Gasteiger partial charge >= 0.3 is 0 Å². The van der Waals surface area contributed by atoms with Gasteiger partial charge in [0.2, 0.25) is 0 Å². The van der Waals surface area contributed by atoms with Crippen LogP contribution in [0, 0.1) is 0 Å². The molecule has 4 rings (SSSR count). The number of aromatic amines is 2. The van der Waals surface area contributed by atoms with Gasteiger partial charge in [0.25, 0.3) is 5.56 Å². The van der Waals surface area contributed by atoms with E-state index in [4.69, 9.17) is 9.47 Å². The quantitative estimate of drug-likeness (QED) is 0.462. The van der Waals surface area contributed by atoms with Crippen molar-refractivity contribution >= 4 is 11.9 Å². The fraction of sp³-hybridized carbons (Fsp3) is 0.0435. The molecule has 0 unspecified atom stereocenters.